The molecule has 2 aromatic carbocycles. The molecule has 1 aliphatic rings. The SMILES string of the molecule is COc1cccc(C(=O)NC2(C(=O)c3cc(C)cc(C)c3)CCN(CC#N)CC2)c1C. The minimum Gasteiger partial charge on any atom is -0.496 e. The van der Waals surface area contributed by atoms with E-state index in [1.807, 2.05) is 49.9 Å². The minimum absolute atomic E-state index is 0.0789. The summed E-state index contributed by atoms with van der Waals surface area (Å²) < 4.78 is 5.35. The molecule has 0 bridgehead atoms. The first-order chi connectivity index (χ1) is 14.8. The third kappa shape index (κ3) is 4.78. The zero-order valence-corrected chi connectivity index (χ0v) is 18.6. The number of nitrogens with one attached hydrogen (secondary N) is 1. The zero-order chi connectivity index (χ0) is 22.6. The van der Waals surface area contributed by atoms with Crippen LogP contribution in [0.2, 0.25) is 0 Å². The van der Waals surface area contributed by atoms with E-state index < -0.39 is 5.54 Å². The van der Waals surface area contributed by atoms with E-state index in [-0.39, 0.29) is 11.7 Å². The Kier molecular flexibility index (Phi) is 6.77. The zero-order valence-electron chi connectivity index (χ0n) is 18.6. The van der Waals surface area contributed by atoms with Crippen LogP contribution in [0.5, 0.6) is 5.75 Å². The molecule has 0 unspecified atom stereocenters. The maximum absolute atomic E-state index is 13.7. The first-order valence-corrected chi connectivity index (χ1v) is 10.5. The average molecular weight is 420 g/mol. The standard InChI is InChI=1S/C25H29N3O3/c1-17-14-18(2)16-20(15-17)23(29)25(8-11-28(12-9-25)13-10-26)27-24(30)21-6-5-7-22(31-4)19(21)3/h5-7,14-16H,8-9,11-13H2,1-4H3,(H,27,30). The molecule has 6 nitrogen and oxygen atoms in total. The number of hydrogen-bond donors (Lipinski definition) is 1. The molecular weight excluding hydrogens is 390 g/mol. The Bertz CT molecular complexity index is 1010. The van der Waals surface area contributed by atoms with Gasteiger partial charge in [-0.05, 0) is 57.9 Å². The van der Waals surface area contributed by atoms with Crippen molar-refractivity contribution in [2.75, 3.05) is 26.7 Å². The van der Waals surface area contributed by atoms with Gasteiger partial charge in [-0.3, -0.25) is 14.5 Å². The molecule has 6 heteroatoms. The number of nitriles is 1. The number of hydrogen-bond acceptors (Lipinski definition) is 5. The van der Waals surface area contributed by atoms with Gasteiger partial charge in [0.05, 0.1) is 19.7 Å². The van der Waals surface area contributed by atoms with Gasteiger partial charge in [-0.25, -0.2) is 0 Å². The van der Waals surface area contributed by atoms with E-state index in [1.54, 1.807) is 19.2 Å². The normalized spacial score (nSPS) is 15.7. The van der Waals surface area contributed by atoms with E-state index >= 15 is 0 Å². The van der Waals surface area contributed by atoms with Crippen LogP contribution in [0.4, 0.5) is 0 Å². The Labute approximate surface area is 183 Å². The summed E-state index contributed by atoms with van der Waals surface area (Å²) in [5.41, 5.74) is 2.84. The van der Waals surface area contributed by atoms with Crippen LogP contribution in [0.3, 0.4) is 0 Å². The van der Waals surface area contributed by atoms with E-state index in [0.29, 0.717) is 49.4 Å². The Morgan fingerprint density at radius 2 is 1.77 bits per heavy atom. The number of likely N-dealkylation sites (tertiary alicyclic amines) is 1. The Morgan fingerprint density at radius 1 is 1.13 bits per heavy atom. The number of ketones is 1. The number of aryl methyl sites for hydroxylation is 2. The van der Waals surface area contributed by atoms with Crippen molar-refractivity contribution in [1.29, 1.82) is 5.26 Å². The van der Waals surface area contributed by atoms with E-state index in [0.717, 1.165) is 16.7 Å². The van der Waals surface area contributed by atoms with Gasteiger partial charge >= 0.3 is 0 Å². The molecule has 162 valence electrons. The predicted molar refractivity (Wildman–Crippen MR) is 119 cm³/mol. The number of methoxy groups -OCH3 is 1. The van der Waals surface area contributed by atoms with Crippen molar-refractivity contribution in [2.24, 2.45) is 0 Å². The fraction of sp³-hybridized carbons (Fsp3) is 0.400. The van der Waals surface area contributed by atoms with E-state index in [2.05, 4.69) is 11.4 Å². The molecule has 1 saturated heterocycles. The maximum Gasteiger partial charge on any atom is 0.252 e. The molecule has 0 spiro atoms. The first kappa shape index (κ1) is 22.5. The second-order valence-electron chi connectivity index (χ2n) is 8.31. The predicted octanol–water partition coefficient (Wildman–Crippen LogP) is 3.59. The Balaban J connectivity index is 1.96. The van der Waals surface area contributed by atoms with Crippen molar-refractivity contribution in [1.82, 2.24) is 10.2 Å². The largest absolute Gasteiger partial charge is 0.496 e. The third-order valence-electron chi connectivity index (χ3n) is 6.02. The second kappa shape index (κ2) is 9.32. The van der Waals surface area contributed by atoms with Crippen molar-refractivity contribution in [3.05, 3.63) is 64.2 Å². The van der Waals surface area contributed by atoms with Crippen molar-refractivity contribution in [3.8, 4) is 11.8 Å². The molecule has 1 fully saturated rings. The molecule has 2 aromatic rings. The van der Waals surface area contributed by atoms with Gasteiger partial charge in [-0.2, -0.15) is 5.26 Å². The molecule has 0 aromatic heterocycles. The van der Waals surface area contributed by atoms with Gasteiger partial charge in [0.1, 0.15) is 11.3 Å². The molecule has 1 amide bonds. The van der Waals surface area contributed by atoms with Crippen molar-refractivity contribution in [2.45, 2.75) is 39.2 Å². The lowest BCUT2D eigenvalue weighted by molar-refractivity contribution is 0.0652. The van der Waals surface area contributed by atoms with Crippen LogP contribution >= 0.6 is 0 Å². The topological polar surface area (TPSA) is 82.4 Å². The maximum atomic E-state index is 13.7. The molecule has 0 aliphatic carbocycles. The average Bonchev–Trinajstić information content (AvgIpc) is 2.74. The van der Waals surface area contributed by atoms with Crippen molar-refractivity contribution < 1.29 is 14.3 Å². The molecule has 1 aliphatic heterocycles. The lowest BCUT2D eigenvalue weighted by Gasteiger charge is -2.40. The van der Waals surface area contributed by atoms with Crippen LogP contribution in [-0.4, -0.2) is 48.9 Å². The number of ether oxygens (including phenoxy) is 1. The lowest BCUT2D eigenvalue weighted by atomic mass is 9.79. The summed E-state index contributed by atoms with van der Waals surface area (Å²) in [6.45, 7) is 7.22. The Hall–Kier alpha value is -3.17. The number of nitrogens with zero attached hydrogens (tertiary/aromatic N) is 2. The molecular formula is C25H29N3O3. The number of piperidine rings is 1. The molecule has 31 heavy (non-hydrogen) atoms. The number of rotatable bonds is 6. The highest BCUT2D eigenvalue weighted by molar-refractivity contribution is 6.07. The third-order valence-corrected chi connectivity index (χ3v) is 6.02. The summed E-state index contributed by atoms with van der Waals surface area (Å²) in [6.07, 6.45) is 0.907. The number of benzene rings is 2. The van der Waals surface area contributed by atoms with Crippen LogP contribution in [0.25, 0.3) is 0 Å². The molecule has 0 atom stereocenters. The molecule has 1 heterocycles. The summed E-state index contributed by atoms with van der Waals surface area (Å²) in [5, 5.41) is 12.1. The van der Waals surface area contributed by atoms with E-state index in [9.17, 15) is 9.59 Å². The summed E-state index contributed by atoms with van der Waals surface area (Å²) >= 11 is 0. The molecule has 0 saturated carbocycles. The number of carbonyl (C=O) groups excluding carboxylic acids is 2. The van der Waals surface area contributed by atoms with Crippen LogP contribution in [0.1, 0.15) is 50.2 Å². The minimum atomic E-state index is -1.02. The van der Waals surface area contributed by atoms with E-state index in [4.69, 9.17) is 10.00 Å². The van der Waals surface area contributed by atoms with Gasteiger partial charge in [0.25, 0.3) is 5.91 Å². The van der Waals surface area contributed by atoms with Crippen LogP contribution < -0.4 is 10.1 Å². The second-order valence-corrected chi connectivity index (χ2v) is 8.31. The highest BCUT2D eigenvalue weighted by atomic mass is 16.5. The van der Waals surface area contributed by atoms with Crippen molar-refractivity contribution >= 4 is 11.7 Å². The number of Topliss-reactive ketones (excluding diaryl/α,β-unsaturated/α-hetero) is 1. The molecule has 0 radical (unpaired) electrons. The van der Waals surface area contributed by atoms with Gasteiger partial charge in [0.15, 0.2) is 5.78 Å². The molecule has 3 rings (SSSR count). The molecule has 1 N–H and O–H groups in total. The quantitative estimate of drug-likeness (QED) is 0.572. The van der Waals surface area contributed by atoms with Gasteiger partial charge in [0.2, 0.25) is 0 Å². The number of carbonyl (C=O) groups is 2. The highest BCUT2D eigenvalue weighted by Crippen LogP contribution is 2.29. The lowest BCUT2D eigenvalue weighted by Crippen LogP contribution is -2.60. The first-order valence-electron chi connectivity index (χ1n) is 10.5. The van der Waals surface area contributed by atoms with Gasteiger partial charge in [-0.1, -0.05) is 23.3 Å². The summed E-state index contributed by atoms with van der Waals surface area (Å²) in [6, 6.07) is 13.3. The summed E-state index contributed by atoms with van der Waals surface area (Å²) in [5.74, 6) is 0.263. The van der Waals surface area contributed by atoms with Gasteiger partial charge in [0, 0.05) is 29.8 Å². The van der Waals surface area contributed by atoms with Crippen LogP contribution in [0, 0.1) is 32.1 Å². The monoisotopic (exact) mass is 419 g/mol. The van der Waals surface area contributed by atoms with E-state index in [1.165, 1.54) is 0 Å². The summed E-state index contributed by atoms with van der Waals surface area (Å²) in [7, 11) is 1.57. The number of amides is 1. The van der Waals surface area contributed by atoms with Crippen LogP contribution in [-0.2, 0) is 0 Å². The van der Waals surface area contributed by atoms with Gasteiger partial charge < -0.3 is 10.1 Å². The van der Waals surface area contributed by atoms with Gasteiger partial charge in [-0.15, -0.1) is 0 Å². The highest BCUT2D eigenvalue weighted by Gasteiger charge is 2.43. The van der Waals surface area contributed by atoms with Crippen molar-refractivity contribution in [3.63, 3.8) is 0 Å². The summed E-state index contributed by atoms with van der Waals surface area (Å²) in [4.78, 5) is 29.1. The Morgan fingerprint density at radius 3 is 2.35 bits per heavy atom. The smallest absolute Gasteiger partial charge is 0.252 e. The fourth-order valence-corrected chi connectivity index (χ4v) is 4.35. The fourth-order valence-electron chi connectivity index (χ4n) is 4.35. The van der Waals surface area contributed by atoms with Crippen LogP contribution in [0.15, 0.2) is 36.4 Å².